The highest BCUT2D eigenvalue weighted by Gasteiger charge is 2.29. The topological polar surface area (TPSA) is 119 Å². The Bertz CT molecular complexity index is 1500. The quantitative estimate of drug-likeness (QED) is 0.224. The lowest BCUT2D eigenvalue weighted by Crippen LogP contribution is -2.51. The monoisotopic (exact) mass is 607 g/mol. The number of hydrogen-bond donors (Lipinski definition) is 3. The van der Waals surface area contributed by atoms with Crippen LogP contribution in [-0.2, 0) is 16.0 Å². The van der Waals surface area contributed by atoms with Gasteiger partial charge >= 0.3 is 5.97 Å². The van der Waals surface area contributed by atoms with Crippen LogP contribution in [0.2, 0.25) is 0 Å². The van der Waals surface area contributed by atoms with Crippen molar-refractivity contribution in [3.05, 3.63) is 138 Å². The summed E-state index contributed by atoms with van der Waals surface area (Å²) < 4.78 is 5.74. The second-order valence-corrected chi connectivity index (χ2v) is 11.0. The van der Waals surface area contributed by atoms with Gasteiger partial charge in [0.05, 0.1) is 12.1 Å². The summed E-state index contributed by atoms with van der Waals surface area (Å²) in [7, 11) is 0. The second kappa shape index (κ2) is 15.1. The maximum atomic E-state index is 13.0. The van der Waals surface area contributed by atoms with E-state index in [1.54, 1.807) is 36.4 Å². The van der Waals surface area contributed by atoms with Gasteiger partial charge in [-0.2, -0.15) is 0 Å². The highest BCUT2D eigenvalue weighted by molar-refractivity contribution is 5.95. The lowest BCUT2D eigenvalue weighted by atomic mass is 9.96. The molecule has 9 nitrogen and oxygen atoms in total. The number of carbonyl (C=O) groups excluding carboxylic acids is 2. The molecule has 0 saturated carbocycles. The summed E-state index contributed by atoms with van der Waals surface area (Å²) in [5, 5.41) is 22.2. The number of nitrogens with one attached hydrogen (secondary N) is 1. The number of ether oxygens (including phenoxy) is 1. The smallest absolute Gasteiger partial charge is 0.334 e. The average molecular weight is 608 g/mol. The lowest BCUT2D eigenvalue weighted by molar-refractivity contribution is -0.148. The number of nitrogens with zero attached hydrogens (tertiary/aromatic N) is 2. The zero-order valence-electron chi connectivity index (χ0n) is 24.9. The van der Waals surface area contributed by atoms with Gasteiger partial charge in [-0.25, -0.2) is 4.79 Å². The Kier molecular flexibility index (Phi) is 10.6. The molecule has 1 fully saturated rings. The van der Waals surface area contributed by atoms with Gasteiger partial charge in [0, 0.05) is 31.7 Å². The maximum absolute atomic E-state index is 13.0. The van der Waals surface area contributed by atoms with E-state index in [9.17, 15) is 24.6 Å². The number of aliphatic hydroxyl groups excluding tert-OH is 1. The zero-order chi connectivity index (χ0) is 31.6. The Labute approximate surface area is 262 Å². The molecule has 4 aromatic carbocycles. The summed E-state index contributed by atoms with van der Waals surface area (Å²) in [6.07, 6.45) is -1.62. The number of carbonyl (C=O) groups is 3. The largest absolute Gasteiger partial charge is 0.484 e. The molecule has 2 unspecified atom stereocenters. The van der Waals surface area contributed by atoms with Crippen molar-refractivity contribution in [3.8, 4) is 5.75 Å². The Hall–Kier alpha value is -4.99. The molecule has 232 valence electrons. The number of rotatable bonds is 12. The van der Waals surface area contributed by atoms with E-state index >= 15 is 0 Å². The SMILES string of the molecule is O=C(NC(Cc1ccccc1)C(O)C(=O)O)c1ccc(OCC(=O)N2CCN(C(c3ccccc3)c3ccccc3)CC2)cc1. The minimum absolute atomic E-state index is 0.109. The molecule has 9 heteroatoms. The van der Waals surface area contributed by atoms with Crippen molar-refractivity contribution >= 4 is 17.8 Å². The maximum Gasteiger partial charge on any atom is 0.334 e. The molecule has 0 bridgehead atoms. The summed E-state index contributed by atoms with van der Waals surface area (Å²) in [5.41, 5.74) is 3.49. The van der Waals surface area contributed by atoms with Crippen LogP contribution in [0.3, 0.4) is 0 Å². The normalized spacial score (nSPS) is 14.8. The third kappa shape index (κ3) is 8.35. The van der Waals surface area contributed by atoms with Gasteiger partial charge in [0.2, 0.25) is 0 Å². The van der Waals surface area contributed by atoms with Crippen molar-refractivity contribution in [2.75, 3.05) is 32.8 Å². The van der Waals surface area contributed by atoms with E-state index in [-0.39, 0.29) is 30.5 Å². The summed E-state index contributed by atoms with van der Waals surface area (Å²) in [4.78, 5) is 41.6. The Morgan fingerprint density at radius 1 is 0.733 bits per heavy atom. The summed E-state index contributed by atoms with van der Waals surface area (Å²) in [5.74, 6) is -1.63. The average Bonchev–Trinajstić information content (AvgIpc) is 3.08. The van der Waals surface area contributed by atoms with Crippen LogP contribution in [0.5, 0.6) is 5.75 Å². The van der Waals surface area contributed by atoms with Gasteiger partial charge in [-0.1, -0.05) is 91.0 Å². The minimum atomic E-state index is -1.77. The number of hydrogen-bond acceptors (Lipinski definition) is 6. The Morgan fingerprint density at radius 3 is 1.80 bits per heavy atom. The molecule has 1 saturated heterocycles. The van der Waals surface area contributed by atoms with Crippen molar-refractivity contribution in [1.82, 2.24) is 15.1 Å². The van der Waals surface area contributed by atoms with Crippen LogP contribution >= 0.6 is 0 Å². The fraction of sp³-hybridized carbons (Fsp3) is 0.250. The van der Waals surface area contributed by atoms with Crippen LogP contribution in [0.25, 0.3) is 0 Å². The molecule has 0 aromatic heterocycles. The molecule has 2 atom stereocenters. The number of piperazine rings is 1. The number of carboxylic acid groups (broad SMARTS) is 1. The number of carboxylic acids is 1. The molecule has 0 spiro atoms. The lowest BCUT2D eigenvalue weighted by Gasteiger charge is -2.39. The van der Waals surface area contributed by atoms with Gasteiger partial charge in [-0.05, 0) is 47.4 Å². The number of amides is 2. The molecule has 45 heavy (non-hydrogen) atoms. The summed E-state index contributed by atoms with van der Waals surface area (Å²) in [6.45, 7) is 2.50. The predicted molar refractivity (Wildman–Crippen MR) is 170 cm³/mol. The van der Waals surface area contributed by atoms with Crippen molar-refractivity contribution < 1.29 is 29.3 Å². The third-order valence-electron chi connectivity index (χ3n) is 7.99. The predicted octanol–water partition coefficient (Wildman–Crippen LogP) is 3.79. The number of aliphatic hydroxyl groups is 1. The van der Waals surface area contributed by atoms with Crippen LogP contribution in [0.15, 0.2) is 115 Å². The second-order valence-electron chi connectivity index (χ2n) is 11.0. The van der Waals surface area contributed by atoms with Crippen LogP contribution in [0.1, 0.15) is 33.1 Å². The first kappa shape index (κ1) is 31.4. The van der Waals surface area contributed by atoms with E-state index in [0.29, 0.717) is 18.8 Å². The first-order valence-electron chi connectivity index (χ1n) is 15.0. The van der Waals surface area contributed by atoms with Crippen molar-refractivity contribution in [2.24, 2.45) is 0 Å². The van der Waals surface area contributed by atoms with Gasteiger partial charge in [0.15, 0.2) is 12.7 Å². The summed E-state index contributed by atoms with van der Waals surface area (Å²) >= 11 is 0. The highest BCUT2D eigenvalue weighted by atomic mass is 16.5. The van der Waals surface area contributed by atoms with Crippen molar-refractivity contribution in [1.29, 1.82) is 0 Å². The molecule has 2 amide bonds. The molecular formula is C36H37N3O6. The number of benzene rings is 4. The van der Waals surface area contributed by atoms with Crippen LogP contribution < -0.4 is 10.1 Å². The van der Waals surface area contributed by atoms with Gasteiger partial charge in [0.1, 0.15) is 5.75 Å². The molecule has 3 N–H and O–H groups in total. The van der Waals surface area contributed by atoms with E-state index in [2.05, 4.69) is 34.5 Å². The number of aliphatic carboxylic acids is 1. The van der Waals surface area contributed by atoms with Gasteiger partial charge in [-0.3, -0.25) is 14.5 Å². The minimum Gasteiger partial charge on any atom is -0.484 e. The van der Waals surface area contributed by atoms with E-state index in [4.69, 9.17) is 4.74 Å². The molecule has 0 radical (unpaired) electrons. The molecule has 0 aliphatic carbocycles. The van der Waals surface area contributed by atoms with Crippen LogP contribution in [0, 0.1) is 0 Å². The fourth-order valence-corrected chi connectivity index (χ4v) is 5.59. The molecule has 4 aromatic rings. The van der Waals surface area contributed by atoms with Crippen LogP contribution in [0.4, 0.5) is 0 Å². The van der Waals surface area contributed by atoms with Gasteiger partial charge < -0.3 is 25.2 Å². The molecule has 1 aliphatic rings. The molecular weight excluding hydrogens is 570 g/mol. The Morgan fingerprint density at radius 2 is 1.27 bits per heavy atom. The fourth-order valence-electron chi connectivity index (χ4n) is 5.59. The van der Waals surface area contributed by atoms with E-state index < -0.39 is 24.0 Å². The van der Waals surface area contributed by atoms with Crippen molar-refractivity contribution in [2.45, 2.75) is 24.6 Å². The first-order chi connectivity index (χ1) is 21.9. The van der Waals surface area contributed by atoms with Crippen molar-refractivity contribution in [3.63, 3.8) is 0 Å². The van der Waals surface area contributed by atoms with Crippen LogP contribution in [-0.4, -0.2) is 82.7 Å². The van der Waals surface area contributed by atoms with E-state index in [0.717, 1.165) is 18.7 Å². The standard InChI is InChI=1S/C36H37N3O6/c40-32(38-20-22-39(23-21-38)33(27-12-6-2-7-13-27)28-14-8-3-9-15-28)25-45-30-18-16-29(17-19-30)35(42)37-31(34(41)36(43)44)24-26-10-4-1-5-11-26/h1-19,31,33-34,41H,20-25H2,(H,37,42)(H,43,44). The van der Waals surface area contributed by atoms with E-state index in [1.807, 2.05) is 47.4 Å². The highest BCUT2D eigenvalue weighted by Crippen LogP contribution is 2.29. The molecule has 1 aliphatic heterocycles. The molecule has 1 heterocycles. The van der Waals surface area contributed by atoms with Gasteiger partial charge in [0.25, 0.3) is 11.8 Å². The van der Waals surface area contributed by atoms with E-state index in [1.165, 1.54) is 23.3 Å². The Balaban J connectivity index is 1.13. The third-order valence-corrected chi connectivity index (χ3v) is 7.99. The molecule has 5 rings (SSSR count). The summed E-state index contributed by atoms with van der Waals surface area (Å²) in [6, 6.07) is 35.1. The zero-order valence-corrected chi connectivity index (χ0v) is 24.9. The van der Waals surface area contributed by atoms with Gasteiger partial charge in [-0.15, -0.1) is 0 Å². The first-order valence-corrected chi connectivity index (χ1v) is 15.0.